The summed E-state index contributed by atoms with van der Waals surface area (Å²) in [5, 5.41) is 0. The van der Waals surface area contributed by atoms with Gasteiger partial charge in [-0.3, -0.25) is 4.84 Å². The van der Waals surface area contributed by atoms with Gasteiger partial charge in [-0.15, -0.1) is 0 Å². The molecule has 1 rings (SSSR count). The van der Waals surface area contributed by atoms with Crippen LogP contribution in [-0.4, -0.2) is 7.11 Å². The predicted molar refractivity (Wildman–Crippen MR) is 41.6 cm³/mol. The first-order valence-electron chi connectivity index (χ1n) is 2.97. The zero-order valence-corrected chi connectivity index (χ0v) is 7.55. The molecule has 10 heavy (non-hydrogen) atoms. The fraction of sp³-hybridized carbons (Fsp3) is 0.286. The van der Waals surface area contributed by atoms with Gasteiger partial charge in [0.15, 0.2) is 0 Å². The van der Waals surface area contributed by atoms with E-state index in [1.807, 2.05) is 25.1 Å². The normalized spacial score (nSPS) is 9.50. The van der Waals surface area contributed by atoms with Crippen LogP contribution in [0.3, 0.4) is 0 Å². The third kappa shape index (κ3) is 1.29. The fourth-order valence-corrected chi connectivity index (χ4v) is 1.38. The lowest BCUT2D eigenvalue weighted by Gasteiger charge is -1.95. The molecule has 3 heteroatoms. The molecular formula is C7H9BrNO+. The van der Waals surface area contributed by atoms with Gasteiger partial charge in [-0.25, -0.2) is 0 Å². The van der Waals surface area contributed by atoms with Crippen molar-refractivity contribution >= 4 is 15.9 Å². The SMILES string of the molecule is CO[n+]1c(C)cccc1Br. The van der Waals surface area contributed by atoms with Crippen LogP contribution in [-0.2, 0) is 0 Å². The van der Waals surface area contributed by atoms with Crippen LogP contribution < -0.4 is 9.57 Å². The molecule has 54 valence electrons. The summed E-state index contributed by atoms with van der Waals surface area (Å²) in [5.74, 6) is 0. The Bertz CT molecular complexity index is 217. The van der Waals surface area contributed by atoms with E-state index in [1.54, 1.807) is 11.8 Å². The maximum Gasteiger partial charge on any atom is 0.299 e. The van der Waals surface area contributed by atoms with Crippen LogP contribution in [0.1, 0.15) is 5.69 Å². The zero-order chi connectivity index (χ0) is 7.56. The van der Waals surface area contributed by atoms with Crippen molar-refractivity contribution in [2.24, 2.45) is 0 Å². The molecule has 0 aliphatic rings. The molecule has 0 saturated heterocycles. The number of pyridine rings is 1. The van der Waals surface area contributed by atoms with Crippen LogP contribution in [0.15, 0.2) is 22.8 Å². The Labute approximate surface area is 68.5 Å². The third-order valence-electron chi connectivity index (χ3n) is 1.27. The van der Waals surface area contributed by atoms with E-state index in [9.17, 15) is 0 Å². The third-order valence-corrected chi connectivity index (χ3v) is 1.85. The summed E-state index contributed by atoms with van der Waals surface area (Å²) in [6, 6.07) is 5.87. The second kappa shape index (κ2) is 3.01. The first-order chi connectivity index (χ1) is 4.75. The van der Waals surface area contributed by atoms with Gasteiger partial charge in [0.05, 0.1) is 0 Å². The van der Waals surface area contributed by atoms with Crippen LogP contribution in [0.4, 0.5) is 0 Å². The number of halogens is 1. The number of hydrogen-bond donors (Lipinski definition) is 0. The van der Waals surface area contributed by atoms with Crippen LogP contribution in [0, 0.1) is 6.92 Å². The van der Waals surface area contributed by atoms with E-state index >= 15 is 0 Å². The minimum absolute atomic E-state index is 0.926. The highest BCUT2D eigenvalue weighted by Crippen LogP contribution is 2.01. The van der Waals surface area contributed by atoms with Gasteiger partial charge in [0.25, 0.3) is 4.60 Å². The lowest BCUT2D eigenvalue weighted by atomic mass is 10.4. The lowest BCUT2D eigenvalue weighted by Crippen LogP contribution is -2.44. The lowest BCUT2D eigenvalue weighted by molar-refractivity contribution is -0.897. The molecule has 0 radical (unpaired) electrons. The summed E-state index contributed by atoms with van der Waals surface area (Å²) in [7, 11) is 1.64. The molecular weight excluding hydrogens is 194 g/mol. The Morgan fingerprint density at radius 2 is 2.20 bits per heavy atom. The first kappa shape index (κ1) is 7.54. The molecule has 1 aromatic heterocycles. The minimum Gasteiger partial charge on any atom is -0.273 e. The number of aryl methyl sites for hydroxylation is 1. The highest BCUT2D eigenvalue weighted by Gasteiger charge is 2.09. The molecule has 1 aromatic rings. The summed E-state index contributed by atoms with van der Waals surface area (Å²) in [4.78, 5) is 5.05. The molecule has 0 amide bonds. The molecule has 1 heterocycles. The van der Waals surface area contributed by atoms with Crippen LogP contribution >= 0.6 is 15.9 Å². The Morgan fingerprint density at radius 1 is 1.50 bits per heavy atom. The Hall–Kier alpha value is -0.570. The molecule has 0 aromatic carbocycles. The van der Waals surface area contributed by atoms with Crippen molar-refractivity contribution in [2.45, 2.75) is 6.92 Å². The number of rotatable bonds is 1. The van der Waals surface area contributed by atoms with Gasteiger partial charge >= 0.3 is 0 Å². The van der Waals surface area contributed by atoms with E-state index in [2.05, 4.69) is 15.9 Å². The molecule has 0 atom stereocenters. The minimum atomic E-state index is 0.926. The standard InChI is InChI=1S/C7H9BrNO/c1-6-4-3-5-7(8)9(6)10-2/h3-5H,1-2H3/q+1. The van der Waals surface area contributed by atoms with Crippen molar-refractivity contribution in [3.63, 3.8) is 0 Å². The molecule has 0 saturated carbocycles. The highest BCUT2D eigenvalue weighted by molar-refractivity contribution is 9.10. The van der Waals surface area contributed by atoms with Gasteiger partial charge in [0.1, 0.15) is 7.11 Å². The van der Waals surface area contributed by atoms with E-state index in [0.717, 1.165) is 10.3 Å². The molecule has 0 fully saturated rings. The molecule has 0 aliphatic heterocycles. The van der Waals surface area contributed by atoms with Gasteiger partial charge < -0.3 is 0 Å². The molecule has 0 unspecified atom stereocenters. The van der Waals surface area contributed by atoms with Crippen LogP contribution in [0.5, 0.6) is 0 Å². The number of hydrogen-bond acceptors (Lipinski definition) is 1. The molecule has 0 N–H and O–H groups in total. The van der Waals surface area contributed by atoms with Crippen molar-refractivity contribution in [3.8, 4) is 0 Å². The largest absolute Gasteiger partial charge is 0.299 e. The monoisotopic (exact) mass is 202 g/mol. The van der Waals surface area contributed by atoms with Gasteiger partial charge in [0.2, 0.25) is 5.69 Å². The number of nitrogens with zero attached hydrogens (tertiary/aromatic N) is 1. The average Bonchev–Trinajstić information content (AvgIpc) is 1.88. The smallest absolute Gasteiger partial charge is 0.273 e. The summed E-state index contributed by atoms with van der Waals surface area (Å²) in [6.45, 7) is 1.98. The summed E-state index contributed by atoms with van der Waals surface area (Å²) >= 11 is 3.35. The van der Waals surface area contributed by atoms with Crippen molar-refractivity contribution in [2.75, 3.05) is 7.11 Å². The fourth-order valence-electron chi connectivity index (χ4n) is 0.802. The first-order valence-corrected chi connectivity index (χ1v) is 3.76. The van der Waals surface area contributed by atoms with E-state index < -0.39 is 0 Å². The van der Waals surface area contributed by atoms with Gasteiger partial charge in [-0.05, 0) is 6.07 Å². The Morgan fingerprint density at radius 3 is 2.60 bits per heavy atom. The summed E-state index contributed by atoms with van der Waals surface area (Å²) < 4.78 is 2.63. The van der Waals surface area contributed by atoms with Crippen LogP contribution in [0.25, 0.3) is 0 Å². The predicted octanol–water partition coefficient (Wildman–Crippen LogP) is 1.10. The zero-order valence-electron chi connectivity index (χ0n) is 5.97. The highest BCUT2D eigenvalue weighted by atomic mass is 79.9. The molecule has 0 spiro atoms. The molecule has 0 bridgehead atoms. The Kier molecular flexibility index (Phi) is 2.27. The maximum atomic E-state index is 5.05. The maximum absolute atomic E-state index is 5.05. The number of aromatic nitrogens is 1. The van der Waals surface area contributed by atoms with E-state index in [0.29, 0.717) is 0 Å². The quantitative estimate of drug-likeness (QED) is 0.492. The van der Waals surface area contributed by atoms with Crippen molar-refractivity contribution < 1.29 is 9.57 Å². The topological polar surface area (TPSA) is 13.1 Å². The van der Waals surface area contributed by atoms with E-state index in [-0.39, 0.29) is 0 Å². The van der Waals surface area contributed by atoms with Gasteiger partial charge in [-0.2, -0.15) is 0 Å². The second-order valence-corrected chi connectivity index (χ2v) is 2.78. The van der Waals surface area contributed by atoms with Gasteiger partial charge in [-0.1, -0.05) is 0 Å². The van der Waals surface area contributed by atoms with Crippen molar-refractivity contribution in [1.82, 2.24) is 0 Å². The van der Waals surface area contributed by atoms with E-state index in [4.69, 9.17) is 4.84 Å². The summed E-state index contributed by atoms with van der Waals surface area (Å²) in [6.07, 6.45) is 0. The van der Waals surface area contributed by atoms with Crippen molar-refractivity contribution in [1.29, 1.82) is 0 Å². The van der Waals surface area contributed by atoms with Crippen molar-refractivity contribution in [3.05, 3.63) is 28.5 Å². The second-order valence-electron chi connectivity index (χ2n) is 1.97. The molecule has 0 aliphatic carbocycles. The average molecular weight is 203 g/mol. The molecule has 2 nitrogen and oxygen atoms in total. The van der Waals surface area contributed by atoms with Crippen LogP contribution in [0.2, 0.25) is 0 Å². The Balaban J connectivity index is 3.17. The van der Waals surface area contributed by atoms with Gasteiger partial charge in [0, 0.05) is 39.7 Å². The summed E-state index contributed by atoms with van der Waals surface area (Å²) in [5.41, 5.74) is 1.07. The van der Waals surface area contributed by atoms with E-state index in [1.165, 1.54) is 0 Å².